The quantitative estimate of drug-likeness (QED) is 0.0966. The van der Waals surface area contributed by atoms with Gasteiger partial charge in [-0.25, -0.2) is 4.39 Å². The second-order valence-electron chi connectivity index (χ2n) is 10.2. The van der Waals surface area contributed by atoms with Crippen molar-refractivity contribution in [1.29, 1.82) is 0 Å². The third-order valence-corrected chi connectivity index (χ3v) is 5.65. The fourth-order valence-corrected chi connectivity index (χ4v) is 4.43. The van der Waals surface area contributed by atoms with Gasteiger partial charge in [0.05, 0.1) is 5.76 Å². The zero-order valence-electron chi connectivity index (χ0n) is 22.4. The maximum Gasteiger partial charge on any atom is 0.155 e. The fourth-order valence-electron chi connectivity index (χ4n) is 4.43. The first-order valence-corrected chi connectivity index (χ1v) is 12.4. The van der Waals surface area contributed by atoms with E-state index in [-0.39, 0.29) is 37.5 Å². The van der Waals surface area contributed by atoms with Crippen LogP contribution < -0.4 is 0 Å². The van der Waals surface area contributed by atoms with Crippen molar-refractivity contribution >= 4 is 27.3 Å². The van der Waals surface area contributed by atoms with Gasteiger partial charge >= 0.3 is 0 Å². The number of pyridine rings is 1. The molecule has 0 bridgehead atoms. The Bertz CT molecular complexity index is 1380. The Morgan fingerprint density at radius 2 is 1.62 bits per heavy atom. The minimum atomic E-state index is -0.215. The average Bonchev–Trinajstić information content (AvgIpc) is 2.77. The molecule has 1 aromatic heterocycles. The Morgan fingerprint density at radius 1 is 0.946 bits per heavy atom. The first kappa shape index (κ1) is 30.3. The van der Waals surface area contributed by atoms with E-state index in [0.717, 1.165) is 45.6 Å². The van der Waals surface area contributed by atoms with E-state index in [1.165, 1.54) is 37.1 Å². The summed E-state index contributed by atoms with van der Waals surface area (Å²) < 4.78 is 13.9. The van der Waals surface area contributed by atoms with Crippen molar-refractivity contribution in [2.45, 2.75) is 54.4 Å². The first-order valence-electron chi connectivity index (χ1n) is 12.4. The first-order chi connectivity index (χ1) is 17.0. The number of hydrogen-bond acceptors (Lipinski definition) is 3. The molecule has 197 valence electrons. The summed E-state index contributed by atoms with van der Waals surface area (Å²) in [5.74, 6) is 0.880. The predicted molar refractivity (Wildman–Crippen MR) is 148 cm³/mol. The van der Waals surface area contributed by atoms with Crippen molar-refractivity contribution in [3.63, 3.8) is 0 Å². The van der Waals surface area contributed by atoms with Crippen LogP contribution in [0.25, 0.3) is 32.8 Å². The normalized spacial score (nSPS) is 11.4. The van der Waals surface area contributed by atoms with E-state index < -0.39 is 0 Å². The van der Waals surface area contributed by atoms with Gasteiger partial charge in [0, 0.05) is 32.4 Å². The molecule has 3 nitrogen and oxygen atoms in total. The Kier molecular flexibility index (Phi) is 11.2. The number of aromatic nitrogens is 1. The van der Waals surface area contributed by atoms with E-state index in [1.807, 2.05) is 18.3 Å². The van der Waals surface area contributed by atoms with Gasteiger partial charge in [-0.15, -0.1) is 34.9 Å². The van der Waals surface area contributed by atoms with E-state index in [0.29, 0.717) is 11.8 Å². The number of carbonyl (C=O) groups is 1. The minimum absolute atomic E-state index is 0. The Hall–Kier alpha value is -2.88. The number of halogens is 1. The van der Waals surface area contributed by atoms with Crippen LogP contribution in [-0.4, -0.2) is 15.9 Å². The summed E-state index contributed by atoms with van der Waals surface area (Å²) in [6.07, 6.45) is 5.02. The molecule has 0 spiro atoms. The number of allylic oxidation sites excluding steroid dienone is 2. The van der Waals surface area contributed by atoms with Crippen molar-refractivity contribution in [2.24, 2.45) is 11.8 Å². The summed E-state index contributed by atoms with van der Waals surface area (Å²) in [6.45, 7) is 11.8. The van der Waals surface area contributed by atoms with Gasteiger partial charge in [0.15, 0.2) is 5.78 Å². The van der Waals surface area contributed by atoms with E-state index in [2.05, 4.69) is 58.0 Å². The maximum atomic E-state index is 13.9. The van der Waals surface area contributed by atoms with Gasteiger partial charge in [-0.3, -0.25) is 4.79 Å². The molecule has 4 rings (SSSR count). The van der Waals surface area contributed by atoms with Gasteiger partial charge < -0.3 is 10.1 Å². The molecule has 3 aromatic carbocycles. The van der Waals surface area contributed by atoms with Gasteiger partial charge in [0.25, 0.3) is 0 Å². The van der Waals surface area contributed by atoms with Gasteiger partial charge in [-0.05, 0) is 84.0 Å². The summed E-state index contributed by atoms with van der Waals surface area (Å²) in [5, 5.41) is 12.4. The summed E-state index contributed by atoms with van der Waals surface area (Å²) in [7, 11) is 0. The van der Waals surface area contributed by atoms with Crippen LogP contribution in [0.4, 0.5) is 4.39 Å². The third-order valence-electron chi connectivity index (χ3n) is 5.65. The van der Waals surface area contributed by atoms with Crippen LogP contribution in [0.5, 0.6) is 0 Å². The monoisotopic (exact) mass is 677 g/mol. The van der Waals surface area contributed by atoms with Crippen LogP contribution in [0.2, 0.25) is 0 Å². The van der Waals surface area contributed by atoms with Crippen LogP contribution in [0, 0.1) is 23.7 Å². The molecule has 0 aliphatic rings. The number of aliphatic hydroxyl groups is 1. The number of carbonyl (C=O) groups excluding carboxylic acids is 1. The van der Waals surface area contributed by atoms with E-state index in [4.69, 9.17) is 10.1 Å². The van der Waals surface area contributed by atoms with Gasteiger partial charge in [-0.2, -0.15) is 0 Å². The van der Waals surface area contributed by atoms with Crippen molar-refractivity contribution in [1.82, 2.24) is 4.98 Å². The third kappa shape index (κ3) is 8.59. The molecule has 0 fully saturated rings. The van der Waals surface area contributed by atoms with Crippen molar-refractivity contribution < 1.29 is 34.4 Å². The molecule has 0 saturated carbocycles. The molecule has 1 N–H and O–H groups in total. The summed E-state index contributed by atoms with van der Waals surface area (Å²) in [6, 6.07) is 19.2. The zero-order valence-corrected chi connectivity index (χ0v) is 24.8. The summed E-state index contributed by atoms with van der Waals surface area (Å²) in [4.78, 5) is 14.7. The van der Waals surface area contributed by atoms with Crippen LogP contribution in [0.1, 0.15) is 52.7 Å². The molecule has 37 heavy (non-hydrogen) atoms. The fraction of sp³-hybridized carbons (Fsp3) is 0.312. The molecule has 0 atom stereocenters. The molecule has 0 amide bonds. The van der Waals surface area contributed by atoms with E-state index in [9.17, 15) is 9.18 Å². The smallest absolute Gasteiger partial charge is 0.155 e. The van der Waals surface area contributed by atoms with Gasteiger partial charge in [0.2, 0.25) is 0 Å². The minimum Gasteiger partial charge on any atom is -0.512 e. The summed E-state index contributed by atoms with van der Waals surface area (Å²) >= 11 is 0. The molecule has 1 heterocycles. The molecule has 5 heteroatoms. The van der Waals surface area contributed by atoms with Crippen molar-refractivity contribution in [3.05, 3.63) is 89.6 Å². The SMILES string of the molecule is CC(=O)/C=C(/C)O.CC(C)Cc1[c-]c(-c2nccc3c2ccc2ccc(F)cc23)cc(CC(C)C)c1.[Ir]. The molecule has 1 radical (unpaired) electrons. The maximum absolute atomic E-state index is 13.9. The van der Waals surface area contributed by atoms with Crippen LogP contribution >= 0.6 is 0 Å². The standard InChI is InChI=1S/C27H27FN.C5H8O2.Ir/c1-17(2)11-19-13-20(12-18(3)4)15-22(14-19)27-25-8-6-21-5-7-23(28)16-26(21)24(25)9-10-29-27;1-4(6)3-5(2)7;/h5-10,13-14,16-18H,11-12H2,1-4H3;3,6H,1-2H3;/q-1;;/b;4-3-;. The number of hydrogen-bond donors (Lipinski definition) is 1. The van der Waals surface area contributed by atoms with Crippen LogP contribution in [-0.2, 0) is 37.7 Å². The molecule has 0 saturated heterocycles. The predicted octanol–water partition coefficient (Wildman–Crippen LogP) is 8.43. The van der Waals surface area contributed by atoms with Gasteiger partial charge in [0.1, 0.15) is 5.82 Å². The largest absolute Gasteiger partial charge is 0.512 e. The number of fused-ring (bicyclic) bond motifs is 3. The molecule has 0 aliphatic carbocycles. The molecule has 0 unspecified atom stereocenters. The number of aliphatic hydroxyl groups excluding tert-OH is 1. The number of nitrogens with zero attached hydrogens (tertiary/aromatic N) is 1. The Balaban J connectivity index is 0.000000532. The Labute approximate surface area is 233 Å². The van der Waals surface area contributed by atoms with Crippen LogP contribution in [0.15, 0.2) is 66.6 Å². The average molecular weight is 677 g/mol. The van der Waals surface area contributed by atoms with Gasteiger partial charge in [-0.1, -0.05) is 45.9 Å². The number of ketones is 1. The van der Waals surface area contributed by atoms with Crippen molar-refractivity contribution in [2.75, 3.05) is 0 Å². The van der Waals surface area contributed by atoms with Crippen LogP contribution in [0.3, 0.4) is 0 Å². The second-order valence-corrected chi connectivity index (χ2v) is 10.2. The van der Waals surface area contributed by atoms with E-state index in [1.54, 1.807) is 6.07 Å². The molecule has 0 aliphatic heterocycles. The number of benzene rings is 3. The summed E-state index contributed by atoms with van der Waals surface area (Å²) in [5.41, 5.74) is 4.51. The Morgan fingerprint density at radius 3 is 2.22 bits per heavy atom. The topological polar surface area (TPSA) is 50.2 Å². The zero-order chi connectivity index (χ0) is 26.4. The second kappa shape index (κ2) is 13.6. The molecule has 4 aromatic rings. The van der Waals surface area contributed by atoms with Crippen molar-refractivity contribution in [3.8, 4) is 11.3 Å². The van der Waals surface area contributed by atoms with E-state index >= 15 is 0 Å². The molecular weight excluding hydrogens is 642 g/mol. The number of rotatable bonds is 6. The molecular formula is C32H35FIrNO2-.